The fraction of sp³-hybridized carbons (Fsp3) is 0.400. The Morgan fingerprint density at radius 1 is 1.23 bits per heavy atom. The first-order chi connectivity index (χ1) is 10.5. The van der Waals surface area contributed by atoms with Crippen LogP contribution in [0, 0.1) is 5.82 Å². The lowest BCUT2D eigenvalue weighted by atomic mass is 10.0. The van der Waals surface area contributed by atoms with Crippen molar-refractivity contribution in [2.45, 2.75) is 19.0 Å². The summed E-state index contributed by atoms with van der Waals surface area (Å²) in [7, 11) is 0. The van der Waals surface area contributed by atoms with Crippen LogP contribution in [0.25, 0.3) is 0 Å². The van der Waals surface area contributed by atoms with Gasteiger partial charge in [-0.3, -0.25) is 14.4 Å². The number of halogens is 1. The lowest BCUT2D eigenvalue weighted by Gasteiger charge is -2.44. The summed E-state index contributed by atoms with van der Waals surface area (Å²) in [6, 6.07) is 4.10. The monoisotopic (exact) mass is 305 g/mol. The normalized spacial score (nSPS) is 24.8. The van der Waals surface area contributed by atoms with Gasteiger partial charge in [0.2, 0.25) is 11.8 Å². The number of nitrogens with zero attached hydrogens (tertiary/aromatic N) is 2. The van der Waals surface area contributed by atoms with Gasteiger partial charge in [-0.25, -0.2) is 4.39 Å². The van der Waals surface area contributed by atoms with Crippen molar-refractivity contribution in [3.05, 3.63) is 35.6 Å². The number of hydrogen-bond donors (Lipinski definition) is 1. The molecule has 0 aliphatic carbocycles. The first-order valence-electron chi connectivity index (χ1n) is 7.13. The first-order valence-corrected chi connectivity index (χ1v) is 7.13. The second-order valence-corrected chi connectivity index (χ2v) is 5.54. The molecule has 2 heterocycles. The molecule has 3 amide bonds. The number of fused-ring (bicyclic) bond motifs is 1. The summed E-state index contributed by atoms with van der Waals surface area (Å²) in [6.45, 7) is 2.49. The number of rotatable bonds is 1. The van der Waals surface area contributed by atoms with Gasteiger partial charge >= 0.3 is 0 Å². The third-order valence-corrected chi connectivity index (χ3v) is 4.07. The summed E-state index contributed by atoms with van der Waals surface area (Å²) >= 11 is 0. The second-order valence-electron chi connectivity index (χ2n) is 5.54. The molecule has 7 heteroatoms. The molecule has 0 saturated carbocycles. The maximum absolute atomic E-state index is 12.9. The van der Waals surface area contributed by atoms with E-state index in [0.717, 1.165) is 0 Å². The smallest absolute Gasteiger partial charge is 0.254 e. The van der Waals surface area contributed by atoms with Crippen molar-refractivity contribution in [1.82, 2.24) is 15.1 Å². The van der Waals surface area contributed by atoms with Crippen molar-refractivity contribution in [2.24, 2.45) is 0 Å². The van der Waals surface area contributed by atoms with Gasteiger partial charge in [0.1, 0.15) is 17.9 Å². The molecule has 1 N–H and O–H groups in total. The predicted octanol–water partition coefficient (Wildman–Crippen LogP) is -0.00300. The molecule has 116 valence electrons. The van der Waals surface area contributed by atoms with Gasteiger partial charge in [0.25, 0.3) is 5.91 Å². The highest BCUT2D eigenvalue weighted by molar-refractivity contribution is 5.99. The molecule has 1 aromatic carbocycles. The molecule has 0 unspecified atom stereocenters. The maximum Gasteiger partial charge on any atom is 0.254 e. The molecule has 2 aliphatic rings. The zero-order valence-corrected chi connectivity index (χ0v) is 12.1. The van der Waals surface area contributed by atoms with Crippen LogP contribution < -0.4 is 5.32 Å². The number of carbonyl (C=O) groups excluding carboxylic acids is 3. The number of hydrogen-bond acceptors (Lipinski definition) is 3. The SMILES string of the molecule is C[C@H]1NC(=O)[C@H]2CN(C(=O)c3ccc(F)cc3)CCN2C1=O. The second kappa shape index (κ2) is 5.40. The molecule has 6 nitrogen and oxygen atoms in total. The Kier molecular flexibility index (Phi) is 3.56. The Morgan fingerprint density at radius 2 is 1.91 bits per heavy atom. The average molecular weight is 305 g/mol. The Morgan fingerprint density at radius 3 is 2.59 bits per heavy atom. The van der Waals surface area contributed by atoms with Crippen molar-refractivity contribution in [3.8, 4) is 0 Å². The van der Waals surface area contributed by atoms with Crippen LogP contribution in [0.3, 0.4) is 0 Å². The van der Waals surface area contributed by atoms with Crippen LogP contribution in [0.2, 0.25) is 0 Å². The van der Waals surface area contributed by atoms with Gasteiger partial charge in [-0.2, -0.15) is 0 Å². The van der Waals surface area contributed by atoms with Crippen molar-refractivity contribution < 1.29 is 18.8 Å². The van der Waals surface area contributed by atoms with Crippen LogP contribution in [0.1, 0.15) is 17.3 Å². The lowest BCUT2D eigenvalue weighted by Crippen LogP contribution is -2.69. The van der Waals surface area contributed by atoms with E-state index in [1.165, 1.54) is 34.1 Å². The van der Waals surface area contributed by atoms with E-state index < -0.39 is 17.9 Å². The summed E-state index contributed by atoms with van der Waals surface area (Å²) in [5.74, 6) is -1.05. The third kappa shape index (κ3) is 2.43. The van der Waals surface area contributed by atoms with Gasteiger partial charge in [0, 0.05) is 18.7 Å². The third-order valence-electron chi connectivity index (χ3n) is 4.07. The van der Waals surface area contributed by atoms with Crippen molar-refractivity contribution in [1.29, 1.82) is 0 Å². The topological polar surface area (TPSA) is 69.7 Å². The van der Waals surface area contributed by atoms with Crippen LogP contribution >= 0.6 is 0 Å². The van der Waals surface area contributed by atoms with E-state index in [1.54, 1.807) is 6.92 Å². The number of carbonyl (C=O) groups is 3. The standard InChI is InChI=1S/C15H16FN3O3/c1-9-14(21)19-7-6-18(8-12(19)13(20)17-9)15(22)10-2-4-11(16)5-3-10/h2-5,9,12H,6-8H2,1H3,(H,17,20)/t9-,12-/m1/s1. The van der Waals surface area contributed by atoms with E-state index in [4.69, 9.17) is 0 Å². The van der Waals surface area contributed by atoms with Gasteiger partial charge in [-0.1, -0.05) is 0 Å². The Bertz CT molecular complexity index is 631. The Hall–Kier alpha value is -2.44. The van der Waals surface area contributed by atoms with E-state index in [1.807, 2.05) is 0 Å². The molecule has 2 aliphatic heterocycles. The highest BCUT2D eigenvalue weighted by Gasteiger charge is 2.42. The van der Waals surface area contributed by atoms with Gasteiger partial charge in [-0.15, -0.1) is 0 Å². The largest absolute Gasteiger partial charge is 0.343 e. The summed E-state index contributed by atoms with van der Waals surface area (Å²) < 4.78 is 12.9. The number of benzene rings is 1. The van der Waals surface area contributed by atoms with Crippen molar-refractivity contribution >= 4 is 17.7 Å². The molecule has 0 aromatic heterocycles. The van der Waals surface area contributed by atoms with E-state index >= 15 is 0 Å². The lowest BCUT2D eigenvalue weighted by molar-refractivity contribution is -0.151. The van der Waals surface area contributed by atoms with Gasteiger partial charge < -0.3 is 15.1 Å². The molecule has 1 aromatic rings. The summed E-state index contributed by atoms with van der Waals surface area (Å²) in [4.78, 5) is 39.6. The van der Waals surface area contributed by atoms with Crippen LogP contribution in [0.15, 0.2) is 24.3 Å². The zero-order valence-electron chi connectivity index (χ0n) is 12.1. The van der Waals surface area contributed by atoms with E-state index in [9.17, 15) is 18.8 Å². The highest BCUT2D eigenvalue weighted by Crippen LogP contribution is 2.18. The van der Waals surface area contributed by atoms with Gasteiger partial charge in [0.05, 0.1) is 6.54 Å². The maximum atomic E-state index is 12.9. The van der Waals surface area contributed by atoms with Crippen LogP contribution in [0.4, 0.5) is 4.39 Å². The predicted molar refractivity (Wildman–Crippen MR) is 75.4 cm³/mol. The zero-order chi connectivity index (χ0) is 15.9. The van der Waals surface area contributed by atoms with E-state index in [-0.39, 0.29) is 24.3 Å². The first kappa shape index (κ1) is 14.5. The fourth-order valence-electron chi connectivity index (χ4n) is 2.85. The van der Waals surface area contributed by atoms with Crippen molar-refractivity contribution in [2.75, 3.05) is 19.6 Å². The minimum Gasteiger partial charge on any atom is -0.343 e. The van der Waals surface area contributed by atoms with Gasteiger partial charge in [-0.05, 0) is 31.2 Å². The van der Waals surface area contributed by atoms with Crippen molar-refractivity contribution in [3.63, 3.8) is 0 Å². The average Bonchev–Trinajstić information content (AvgIpc) is 2.52. The van der Waals surface area contributed by atoms with E-state index in [2.05, 4.69) is 5.32 Å². The fourth-order valence-corrected chi connectivity index (χ4v) is 2.85. The van der Waals surface area contributed by atoms with Crippen LogP contribution in [-0.4, -0.2) is 59.2 Å². The van der Waals surface area contributed by atoms with Crippen LogP contribution in [-0.2, 0) is 9.59 Å². The molecule has 3 rings (SSSR count). The van der Waals surface area contributed by atoms with Gasteiger partial charge in [0.15, 0.2) is 0 Å². The molecule has 0 bridgehead atoms. The Labute approximate surface area is 126 Å². The quantitative estimate of drug-likeness (QED) is 0.794. The Balaban J connectivity index is 1.76. The van der Waals surface area contributed by atoms with Crippen LogP contribution in [0.5, 0.6) is 0 Å². The molecular formula is C15H16FN3O3. The summed E-state index contributed by atoms with van der Waals surface area (Å²) in [5.41, 5.74) is 0.366. The molecule has 0 radical (unpaired) electrons. The number of piperazine rings is 2. The number of amides is 3. The molecule has 2 atom stereocenters. The molecule has 22 heavy (non-hydrogen) atoms. The molecule has 2 fully saturated rings. The summed E-state index contributed by atoms with van der Waals surface area (Å²) in [6.07, 6.45) is 0. The molecular weight excluding hydrogens is 289 g/mol. The highest BCUT2D eigenvalue weighted by atomic mass is 19.1. The summed E-state index contributed by atoms with van der Waals surface area (Å²) in [5, 5.41) is 2.62. The molecule has 2 saturated heterocycles. The van der Waals surface area contributed by atoms with E-state index in [0.29, 0.717) is 18.7 Å². The minimum atomic E-state index is -0.651. The minimum absolute atomic E-state index is 0.126. The molecule has 0 spiro atoms. The number of nitrogens with one attached hydrogen (secondary N) is 1.